The van der Waals surface area contributed by atoms with Crippen LogP contribution < -0.4 is 5.32 Å². The van der Waals surface area contributed by atoms with E-state index in [0.717, 1.165) is 5.56 Å². The average Bonchev–Trinajstić information content (AvgIpc) is 2.74. The van der Waals surface area contributed by atoms with E-state index in [2.05, 4.69) is 5.32 Å². The van der Waals surface area contributed by atoms with Gasteiger partial charge in [-0.25, -0.2) is 0 Å². The van der Waals surface area contributed by atoms with Gasteiger partial charge >= 0.3 is 0 Å². The van der Waals surface area contributed by atoms with Crippen molar-refractivity contribution in [3.8, 4) is 0 Å². The Balaban J connectivity index is 1.90. The first-order valence-electron chi connectivity index (χ1n) is 9.18. The molecule has 152 valence electrons. The standard InChI is InChI=1S/C22H19N3O5/c1-15-5-7-17(8-6-15)22(26)14-21(16-9-11-19(12-10-16)24(27)28)23-18-3-2-4-20(13-18)25(29)30/h2-13,21,23H,14H2,1H3. The third-order valence-electron chi connectivity index (χ3n) is 4.67. The number of hydrogen-bond donors (Lipinski definition) is 1. The van der Waals surface area contributed by atoms with Crippen molar-refractivity contribution < 1.29 is 14.6 Å². The number of nitro groups is 2. The van der Waals surface area contributed by atoms with Crippen LogP contribution in [0.5, 0.6) is 0 Å². The predicted octanol–water partition coefficient (Wildman–Crippen LogP) is 5.24. The van der Waals surface area contributed by atoms with Gasteiger partial charge in [-0.15, -0.1) is 0 Å². The summed E-state index contributed by atoms with van der Waals surface area (Å²) >= 11 is 0. The zero-order valence-electron chi connectivity index (χ0n) is 16.1. The van der Waals surface area contributed by atoms with Crippen molar-refractivity contribution in [1.29, 1.82) is 0 Å². The van der Waals surface area contributed by atoms with Crippen molar-refractivity contribution in [2.45, 2.75) is 19.4 Å². The molecular formula is C22H19N3O5. The number of Topliss-reactive ketones (excluding diaryl/α,β-unsaturated/α-hetero) is 1. The number of rotatable bonds is 8. The lowest BCUT2D eigenvalue weighted by Gasteiger charge is -2.20. The van der Waals surface area contributed by atoms with Crippen LogP contribution in [0.25, 0.3) is 0 Å². The largest absolute Gasteiger partial charge is 0.378 e. The Morgan fingerprint density at radius 1 is 0.900 bits per heavy atom. The van der Waals surface area contributed by atoms with Crippen molar-refractivity contribution >= 4 is 22.8 Å². The van der Waals surface area contributed by atoms with Crippen LogP contribution in [0, 0.1) is 27.2 Å². The molecule has 0 amide bonds. The highest BCUT2D eigenvalue weighted by Gasteiger charge is 2.19. The Labute approximate surface area is 172 Å². The molecule has 1 N–H and O–H groups in total. The van der Waals surface area contributed by atoms with Gasteiger partial charge in [-0.05, 0) is 18.6 Å². The van der Waals surface area contributed by atoms with Gasteiger partial charge in [0.2, 0.25) is 0 Å². The van der Waals surface area contributed by atoms with Crippen molar-refractivity contribution in [2.24, 2.45) is 0 Å². The van der Waals surface area contributed by atoms with Crippen LogP contribution in [0.2, 0.25) is 0 Å². The number of carbonyl (C=O) groups is 1. The molecule has 3 aromatic rings. The van der Waals surface area contributed by atoms with E-state index in [-0.39, 0.29) is 23.6 Å². The number of nitrogens with one attached hydrogen (secondary N) is 1. The normalized spacial score (nSPS) is 11.5. The first kappa shape index (κ1) is 20.7. The summed E-state index contributed by atoms with van der Waals surface area (Å²) in [5, 5.41) is 25.2. The van der Waals surface area contributed by atoms with Crippen LogP contribution in [-0.2, 0) is 0 Å². The van der Waals surface area contributed by atoms with Gasteiger partial charge in [0.05, 0.1) is 15.9 Å². The molecule has 3 rings (SSSR count). The highest BCUT2D eigenvalue weighted by molar-refractivity contribution is 5.96. The van der Waals surface area contributed by atoms with E-state index in [4.69, 9.17) is 0 Å². The molecule has 1 atom stereocenters. The third kappa shape index (κ3) is 5.05. The number of anilines is 1. The van der Waals surface area contributed by atoms with Crippen LogP contribution in [0.1, 0.15) is 33.9 Å². The Bertz CT molecular complexity index is 1080. The first-order chi connectivity index (χ1) is 14.3. The van der Waals surface area contributed by atoms with Gasteiger partial charge in [-0.1, -0.05) is 48.0 Å². The molecule has 0 bridgehead atoms. The maximum atomic E-state index is 12.8. The van der Waals surface area contributed by atoms with E-state index in [1.165, 1.54) is 24.3 Å². The second-order valence-corrected chi connectivity index (χ2v) is 6.85. The van der Waals surface area contributed by atoms with E-state index in [1.807, 2.05) is 19.1 Å². The fraction of sp³-hybridized carbons (Fsp3) is 0.136. The molecule has 0 heterocycles. The number of benzene rings is 3. The van der Waals surface area contributed by atoms with Gasteiger partial charge in [0.15, 0.2) is 5.78 Å². The second kappa shape index (κ2) is 8.95. The fourth-order valence-corrected chi connectivity index (χ4v) is 3.03. The topological polar surface area (TPSA) is 115 Å². The molecule has 0 radical (unpaired) electrons. The fourth-order valence-electron chi connectivity index (χ4n) is 3.03. The SMILES string of the molecule is Cc1ccc(C(=O)CC(Nc2cccc([N+](=O)[O-])c2)c2ccc([N+](=O)[O-])cc2)cc1. The number of ketones is 1. The van der Waals surface area contributed by atoms with Crippen molar-refractivity contribution in [3.63, 3.8) is 0 Å². The van der Waals surface area contributed by atoms with Crippen LogP contribution in [-0.4, -0.2) is 15.6 Å². The lowest BCUT2D eigenvalue weighted by molar-refractivity contribution is -0.385. The monoisotopic (exact) mass is 405 g/mol. The number of hydrogen-bond acceptors (Lipinski definition) is 6. The van der Waals surface area contributed by atoms with Crippen molar-refractivity contribution in [2.75, 3.05) is 5.32 Å². The molecule has 3 aromatic carbocycles. The summed E-state index contributed by atoms with van der Waals surface area (Å²) in [6.45, 7) is 1.93. The smallest absolute Gasteiger partial charge is 0.271 e. The molecule has 0 aliphatic carbocycles. The number of nitrogens with zero attached hydrogens (tertiary/aromatic N) is 2. The van der Waals surface area contributed by atoms with Crippen molar-refractivity contribution in [1.82, 2.24) is 0 Å². The average molecular weight is 405 g/mol. The summed E-state index contributed by atoms with van der Waals surface area (Å²) in [4.78, 5) is 33.8. The summed E-state index contributed by atoms with van der Waals surface area (Å²) in [6, 6.07) is 18.5. The summed E-state index contributed by atoms with van der Waals surface area (Å²) in [5.74, 6) is -0.115. The maximum Gasteiger partial charge on any atom is 0.271 e. The molecule has 0 aliphatic heterocycles. The van der Waals surface area contributed by atoms with Crippen molar-refractivity contribution in [3.05, 3.63) is 110 Å². The quantitative estimate of drug-likeness (QED) is 0.311. The summed E-state index contributed by atoms with van der Waals surface area (Å²) in [5.41, 5.74) is 2.59. The highest BCUT2D eigenvalue weighted by atomic mass is 16.6. The lowest BCUT2D eigenvalue weighted by atomic mass is 9.97. The van der Waals surface area contributed by atoms with Gasteiger partial charge in [-0.2, -0.15) is 0 Å². The van der Waals surface area contributed by atoms with Gasteiger partial charge in [0.1, 0.15) is 0 Å². The molecule has 30 heavy (non-hydrogen) atoms. The van der Waals surface area contributed by atoms with Gasteiger partial charge in [0.25, 0.3) is 11.4 Å². The van der Waals surface area contributed by atoms with Gasteiger partial charge in [-0.3, -0.25) is 25.0 Å². The Morgan fingerprint density at radius 3 is 2.13 bits per heavy atom. The van der Waals surface area contributed by atoms with Crippen LogP contribution >= 0.6 is 0 Å². The summed E-state index contributed by atoms with van der Waals surface area (Å²) in [7, 11) is 0. The molecule has 0 spiro atoms. The van der Waals surface area contributed by atoms with Gasteiger partial charge < -0.3 is 5.32 Å². The molecule has 1 unspecified atom stereocenters. The van der Waals surface area contributed by atoms with E-state index >= 15 is 0 Å². The molecule has 0 aliphatic rings. The van der Waals surface area contributed by atoms with E-state index < -0.39 is 15.9 Å². The zero-order valence-corrected chi connectivity index (χ0v) is 16.1. The van der Waals surface area contributed by atoms with E-state index in [9.17, 15) is 25.0 Å². The summed E-state index contributed by atoms with van der Waals surface area (Å²) < 4.78 is 0. The second-order valence-electron chi connectivity index (χ2n) is 6.85. The number of aryl methyl sites for hydroxylation is 1. The van der Waals surface area contributed by atoms with Crippen LogP contribution in [0.15, 0.2) is 72.8 Å². The number of non-ortho nitro benzene ring substituents is 2. The Hall–Kier alpha value is -4.07. The maximum absolute atomic E-state index is 12.8. The Kier molecular flexibility index (Phi) is 6.17. The minimum atomic E-state index is -0.526. The first-order valence-corrected chi connectivity index (χ1v) is 9.18. The van der Waals surface area contributed by atoms with Crippen LogP contribution in [0.4, 0.5) is 17.1 Å². The Morgan fingerprint density at radius 2 is 1.53 bits per heavy atom. The minimum absolute atomic E-state index is 0.0577. The van der Waals surface area contributed by atoms with E-state index in [1.54, 1.807) is 36.4 Å². The minimum Gasteiger partial charge on any atom is -0.378 e. The number of nitro benzene ring substituents is 2. The molecule has 0 saturated carbocycles. The molecule has 8 nitrogen and oxygen atoms in total. The zero-order chi connectivity index (χ0) is 21.7. The molecule has 0 saturated heterocycles. The molecule has 0 aromatic heterocycles. The molecule has 8 heteroatoms. The lowest BCUT2D eigenvalue weighted by Crippen LogP contribution is -2.16. The molecular weight excluding hydrogens is 386 g/mol. The molecule has 0 fully saturated rings. The van der Waals surface area contributed by atoms with Gasteiger partial charge in [0, 0.05) is 41.9 Å². The highest BCUT2D eigenvalue weighted by Crippen LogP contribution is 2.28. The van der Waals surface area contributed by atoms with Crippen LogP contribution in [0.3, 0.4) is 0 Å². The number of carbonyl (C=O) groups excluding carboxylic acids is 1. The van der Waals surface area contributed by atoms with E-state index in [0.29, 0.717) is 16.8 Å². The summed E-state index contributed by atoms with van der Waals surface area (Å²) in [6.07, 6.45) is 0.0730. The third-order valence-corrected chi connectivity index (χ3v) is 4.67. The predicted molar refractivity (Wildman–Crippen MR) is 113 cm³/mol.